The summed E-state index contributed by atoms with van der Waals surface area (Å²) in [6.45, 7) is 5.39. The van der Waals surface area contributed by atoms with E-state index in [1.165, 1.54) is 23.6 Å². The number of ether oxygens (including phenoxy) is 2. The molecule has 51 heavy (non-hydrogen) atoms. The summed E-state index contributed by atoms with van der Waals surface area (Å²) in [6, 6.07) is 30.0. The Morgan fingerprint density at radius 1 is 0.784 bits per heavy atom. The van der Waals surface area contributed by atoms with Crippen molar-refractivity contribution in [2.75, 3.05) is 51.8 Å². The van der Waals surface area contributed by atoms with Crippen molar-refractivity contribution in [1.29, 1.82) is 0 Å². The zero-order valence-corrected chi connectivity index (χ0v) is 30.0. The first kappa shape index (κ1) is 35.8. The average Bonchev–Trinajstić information content (AvgIpc) is 3.43. The van der Waals surface area contributed by atoms with Gasteiger partial charge < -0.3 is 14.4 Å². The highest BCUT2D eigenvalue weighted by molar-refractivity contribution is 7.92. The van der Waals surface area contributed by atoms with E-state index in [0.717, 1.165) is 29.7 Å². The van der Waals surface area contributed by atoms with Crippen molar-refractivity contribution in [3.8, 4) is 11.5 Å². The van der Waals surface area contributed by atoms with Crippen LogP contribution in [-0.4, -0.2) is 77.0 Å². The van der Waals surface area contributed by atoms with Gasteiger partial charge in [-0.25, -0.2) is 13.1 Å². The maximum atomic E-state index is 14.4. The van der Waals surface area contributed by atoms with Crippen LogP contribution in [0.5, 0.6) is 11.5 Å². The number of anilines is 1. The summed E-state index contributed by atoms with van der Waals surface area (Å²) in [4.78, 5) is 34.5. The number of piperazine rings is 1. The Bertz CT molecular complexity index is 1980. The third kappa shape index (κ3) is 8.01. The fourth-order valence-corrected chi connectivity index (χ4v) is 7.78. The predicted octanol–water partition coefficient (Wildman–Crippen LogP) is 6.29. The molecule has 2 amide bonds. The summed E-state index contributed by atoms with van der Waals surface area (Å²) >= 11 is 0. The Kier molecular flexibility index (Phi) is 11.2. The maximum absolute atomic E-state index is 14.4. The van der Waals surface area contributed by atoms with Crippen LogP contribution in [-0.2, 0) is 10.0 Å². The first-order valence-electron chi connectivity index (χ1n) is 17.2. The lowest BCUT2D eigenvalue weighted by Crippen LogP contribution is -2.47. The molecule has 4 aromatic carbocycles. The molecule has 4 aromatic rings. The minimum Gasteiger partial charge on any atom is -0.493 e. The van der Waals surface area contributed by atoms with Gasteiger partial charge in [0.05, 0.1) is 37.1 Å². The van der Waals surface area contributed by atoms with E-state index in [1.54, 1.807) is 25.3 Å². The predicted molar refractivity (Wildman–Crippen MR) is 200 cm³/mol. The molecule has 6 rings (SSSR count). The molecule has 0 bridgehead atoms. The van der Waals surface area contributed by atoms with E-state index in [0.29, 0.717) is 54.1 Å². The molecule has 2 atom stereocenters. The van der Waals surface area contributed by atoms with Crippen LogP contribution in [0.1, 0.15) is 69.3 Å². The molecule has 0 aromatic heterocycles. The Morgan fingerprint density at radius 2 is 1.47 bits per heavy atom. The number of fused-ring (bicyclic) bond motifs is 1. The number of carbonyl (C=O) groups is 2. The van der Waals surface area contributed by atoms with Gasteiger partial charge in [-0.2, -0.15) is 0 Å². The Hall–Kier alpha value is -4.97. The van der Waals surface area contributed by atoms with Gasteiger partial charge in [0.25, 0.3) is 11.8 Å². The van der Waals surface area contributed by atoms with Crippen molar-refractivity contribution < 1.29 is 27.5 Å². The molecule has 1 fully saturated rings. The molecule has 0 radical (unpaired) electrons. The van der Waals surface area contributed by atoms with Gasteiger partial charge in [0.1, 0.15) is 0 Å². The molecule has 0 aliphatic carbocycles. The first-order chi connectivity index (χ1) is 24.7. The molecule has 1 saturated heterocycles. The highest BCUT2D eigenvalue weighted by Crippen LogP contribution is 2.40. The number of rotatable bonds is 14. The number of methoxy groups -OCH3 is 2. The van der Waals surface area contributed by atoms with Gasteiger partial charge in [-0.1, -0.05) is 72.8 Å². The van der Waals surface area contributed by atoms with E-state index in [2.05, 4.69) is 45.7 Å². The van der Waals surface area contributed by atoms with Gasteiger partial charge >= 0.3 is 0 Å². The van der Waals surface area contributed by atoms with Crippen molar-refractivity contribution in [3.63, 3.8) is 0 Å². The number of amides is 2. The molecule has 0 saturated carbocycles. The van der Waals surface area contributed by atoms with Crippen LogP contribution in [0.15, 0.2) is 102 Å². The number of benzene rings is 4. The van der Waals surface area contributed by atoms with E-state index in [-0.39, 0.29) is 24.4 Å². The monoisotopic (exact) mass is 708 g/mol. The summed E-state index contributed by atoms with van der Waals surface area (Å²) in [7, 11) is -0.640. The topological polar surface area (TPSA) is 108 Å². The van der Waals surface area contributed by atoms with E-state index in [9.17, 15) is 18.0 Å². The third-order valence-corrected chi connectivity index (χ3v) is 10.8. The summed E-state index contributed by atoms with van der Waals surface area (Å²) < 4.78 is 39.1. The summed E-state index contributed by atoms with van der Waals surface area (Å²) in [5.74, 6) is 0.242. The van der Waals surface area contributed by atoms with Crippen molar-refractivity contribution in [1.82, 2.24) is 14.5 Å². The van der Waals surface area contributed by atoms with Crippen molar-refractivity contribution in [2.24, 2.45) is 0 Å². The summed E-state index contributed by atoms with van der Waals surface area (Å²) in [5, 5.41) is 1.14. The van der Waals surface area contributed by atoms with E-state index in [4.69, 9.17) is 9.47 Å². The molecule has 2 aliphatic heterocycles. The Labute approximate surface area is 300 Å². The molecule has 11 heteroatoms. The summed E-state index contributed by atoms with van der Waals surface area (Å²) in [6.07, 6.45) is 2.21. The van der Waals surface area contributed by atoms with Crippen molar-refractivity contribution >= 4 is 33.6 Å². The zero-order chi connectivity index (χ0) is 36.0. The fraction of sp³-hybridized carbons (Fsp3) is 0.300. The molecule has 10 nitrogen and oxygen atoms in total. The molecule has 1 N–H and O–H groups in total. The van der Waals surface area contributed by atoms with Crippen LogP contribution in [0.25, 0.3) is 6.08 Å². The first-order valence-corrected chi connectivity index (χ1v) is 18.7. The molecule has 1 unspecified atom stereocenters. The Morgan fingerprint density at radius 3 is 2.16 bits per heavy atom. The van der Waals surface area contributed by atoms with Gasteiger partial charge in [0.15, 0.2) is 11.5 Å². The quantitative estimate of drug-likeness (QED) is 0.120. The minimum absolute atomic E-state index is 0.116. The third-order valence-electron chi connectivity index (χ3n) is 9.71. The molecular weight excluding hydrogens is 665 g/mol. The van der Waals surface area contributed by atoms with Crippen LogP contribution < -0.4 is 19.1 Å². The Balaban J connectivity index is 1.21. The number of sulfonamides is 1. The van der Waals surface area contributed by atoms with Gasteiger partial charge in [-0.05, 0) is 66.8 Å². The van der Waals surface area contributed by atoms with Crippen molar-refractivity contribution in [2.45, 2.75) is 31.8 Å². The number of nitrogens with one attached hydrogen (secondary N) is 1. The van der Waals surface area contributed by atoms with Gasteiger partial charge in [0.2, 0.25) is 10.0 Å². The summed E-state index contributed by atoms with van der Waals surface area (Å²) in [5.41, 5.74) is 4.24. The van der Waals surface area contributed by atoms with E-state index >= 15 is 0 Å². The number of carbonyl (C=O) groups excluding carboxylic acids is 2. The fourth-order valence-electron chi connectivity index (χ4n) is 6.92. The highest BCUT2D eigenvalue weighted by atomic mass is 32.2. The van der Waals surface area contributed by atoms with Crippen LogP contribution in [0.4, 0.5) is 5.69 Å². The second-order valence-electron chi connectivity index (χ2n) is 12.7. The normalized spacial score (nSPS) is 16.4. The largest absolute Gasteiger partial charge is 0.493 e. The second kappa shape index (κ2) is 15.9. The second-order valence-corrected chi connectivity index (χ2v) is 14.4. The zero-order valence-electron chi connectivity index (χ0n) is 29.2. The molecule has 2 aliphatic rings. The number of hydrogen-bond acceptors (Lipinski definition) is 8. The highest BCUT2D eigenvalue weighted by Gasteiger charge is 2.43. The maximum Gasteiger partial charge on any atom is 0.264 e. The van der Waals surface area contributed by atoms with Crippen LogP contribution in [0.3, 0.4) is 0 Å². The molecule has 2 heterocycles. The lowest BCUT2D eigenvalue weighted by Gasteiger charge is -2.39. The van der Waals surface area contributed by atoms with Gasteiger partial charge in [0, 0.05) is 44.2 Å². The van der Waals surface area contributed by atoms with E-state index < -0.39 is 16.1 Å². The van der Waals surface area contributed by atoms with Crippen molar-refractivity contribution in [3.05, 3.63) is 130 Å². The lowest BCUT2D eigenvalue weighted by molar-refractivity contribution is 0.0572. The van der Waals surface area contributed by atoms with Gasteiger partial charge in [-0.15, -0.1) is 0 Å². The van der Waals surface area contributed by atoms with Crippen LogP contribution in [0.2, 0.25) is 0 Å². The number of hydrogen-bond donors (Lipinski definition) is 1. The van der Waals surface area contributed by atoms with Crippen LogP contribution >= 0.6 is 0 Å². The lowest BCUT2D eigenvalue weighted by atomic mass is 9.99. The number of nitrogens with zero attached hydrogens (tertiary/aromatic N) is 3. The van der Waals surface area contributed by atoms with Crippen LogP contribution in [0, 0.1) is 0 Å². The molecular formula is C40H44N4O6S. The number of imide groups is 1. The average molecular weight is 709 g/mol. The molecule has 0 spiro atoms. The molecule has 266 valence electrons. The standard InChI is InChI=1S/C40H44N4O6S/c1-29(31-14-8-5-9-15-31)42-23-25-43(26-24-42)35-17-10-16-33-38(35)40(46)44(39(33)45)34(32-19-20-36(49-2)37(28-32)50-3)18-11-22-41-51(47,48)27-21-30-12-6-4-7-13-30/h4-10,12-17,19-21,27-29,34,41H,11,18,22-26H2,1-3H3/b27-21+/t29-,34?/m1/s1. The smallest absolute Gasteiger partial charge is 0.264 e. The van der Waals surface area contributed by atoms with Gasteiger partial charge in [-0.3, -0.25) is 19.4 Å². The van der Waals surface area contributed by atoms with E-state index in [1.807, 2.05) is 54.6 Å². The minimum atomic E-state index is -3.71. The SMILES string of the molecule is COc1ccc(C(CCCNS(=O)(=O)/C=C/c2ccccc2)N2C(=O)c3cccc(N4CCN([C@H](C)c5ccccc5)CC4)c3C2=O)cc1OC.